The van der Waals surface area contributed by atoms with E-state index in [0.717, 1.165) is 17.0 Å². The van der Waals surface area contributed by atoms with Gasteiger partial charge in [0.15, 0.2) is 0 Å². The molecule has 1 amide bonds. The Morgan fingerprint density at radius 2 is 1.93 bits per heavy atom. The summed E-state index contributed by atoms with van der Waals surface area (Å²) in [6.45, 7) is 5.13. The van der Waals surface area contributed by atoms with Crippen molar-refractivity contribution in [3.63, 3.8) is 0 Å². The number of rotatable bonds is 5. The lowest BCUT2D eigenvalue weighted by molar-refractivity contribution is 0.102. The van der Waals surface area contributed by atoms with Crippen LogP contribution in [0.2, 0.25) is 0 Å². The normalized spacial score (nSPS) is 20.2. The number of sulfonamides is 1. The maximum absolute atomic E-state index is 13.1. The maximum atomic E-state index is 13.1. The van der Waals surface area contributed by atoms with Gasteiger partial charge in [-0.15, -0.1) is 10.2 Å². The van der Waals surface area contributed by atoms with Crippen LogP contribution in [-0.4, -0.2) is 41.9 Å². The van der Waals surface area contributed by atoms with Crippen LogP contribution in [0.15, 0.2) is 46.0 Å². The van der Waals surface area contributed by atoms with Gasteiger partial charge in [0.25, 0.3) is 5.91 Å². The number of carbonyl (C=O) groups excluding carboxylic acids is 1. The number of hydrogen-bond acceptors (Lipinski definition) is 7. The van der Waals surface area contributed by atoms with Crippen molar-refractivity contribution in [1.82, 2.24) is 14.5 Å². The molecule has 0 radical (unpaired) electrons. The molecule has 158 valence electrons. The number of benzene rings is 1. The summed E-state index contributed by atoms with van der Waals surface area (Å²) in [6.07, 6.45) is 1.02. The Hall–Kier alpha value is -2.14. The van der Waals surface area contributed by atoms with E-state index < -0.39 is 15.9 Å². The number of nitrogens with one attached hydrogen (secondary N) is 1. The summed E-state index contributed by atoms with van der Waals surface area (Å²) < 4.78 is 27.8. The van der Waals surface area contributed by atoms with Gasteiger partial charge >= 0.3 is 0 Å². The molecule has 1 aliphatic heterocycles. The van der Waals surface area contributed by atoms with Gasteiger partial charge < -0.3 is 0 Å². The second kappa shape index (κ2) is 8.54. The van der Waals surface area contributed by atoms with Crippen molar-refractivity contribution in [3.8, 4) is 10.6 Å². The monoisotopic (exact) mass is 462 g/mol. The highest BCUT2D eigenvalue weighted by molar-refractivity contribution is 7.89. The van der Waals surface area contributed by atoms with E-state index in [-0.39, 0.29) is 10.5 Å². The van der Waals surface area contributed by atoms with Crippen LogP contribution >= 0.6 is 22.7 Å². The second-order valence-corrected chi connectivity index (χ2v) is 11.4. The van der Waals surface area contributed by atoms with Crippen LogP contribution < -0.4 is 5.32 Å². The fourth-order valence-electron chi connectivity index (χ4n) is 3.69. The molecule has 7 nitrogen and oxygen atoms in total. The van der Waals surface area contributed by atoms with Gasteiger partial charge in [0, 0.05) is 29.6 Å². The Morgan fingerprint density at radius 3 is 2.63 bits per heavy atom. The van der Waals surface area contributed by atoms with E-state index in [1.54, 1.807) is 23.5 Å². The van der Waals surface area contributed by atoms with E-state index in [0.29, 0.717) is 30.1 Å². The molecule has 1 aliphatic rings. The number of aromatic nitrogens is 2. The molecule has 2 atom stereocenters. The molecule has 1 aromatic carbocycles. The van der Waals surface area contributed by atoms with E-state index in [2.05, 4.69) is 29.4 Å². The first kappa shape index (κ1) is 21.1. The summed E-state index contributed by atoms with van der Waals surface area (Å²) in [5.41, 5.74) is 1.22. The predicted molar refractivity (Wildman–Crippen MR) is 119 cm³/mol. The highest BCUT2D eigenvalue weighted by Gasteiger charge is 2.32. The van der Waals surface area contributed by atoms with Crippen LogP contribution in [0.4, 0.5) is 5.13 Å². The Labute approximate surface area is 183 Å². The lowest BCUT2D eigenvalue weighted by atomic mass is 9.94. The molecular weight excluding hydrogens is 440 g/mol. The van der Waals surface area contributed by atoms with E-state index in [1.165, 1.54) is 27.8 Å². The van der Waals surface area contributed by atoms with E-state index in [9.17, 15) is 13.2 Å². The number of hydrogen-bond donors (Lipinski definition) is 1. The van der Waals surface area contributed by atoms with Gasteiger partial charge in [0.2, 0.25) is 15.2 Å². The third-order valence-corrected chi connectivity index (χ3v) is 8.38. The predicted octanol–water partition coefficient (Wildman–Crippen LogP) is 4.19. The summed E-state index contributed by atoms with van der Waals surface area (Å²) in [4.78, 5) is 12.8. The van der Waals surface area contributed by atoms with Crippen molar-refractivity contribution < 1.29 is 13.2 Å². The highest BCUT2D eigenvalue weighted by Crippen LogP contribution is 2.29. The molecule has 2 unspecified atom stereocenters. The van der Waals surface area contributed by atoms with E-state index in [4.69, 9.17) is 0 Å². The molecule has 0 spiro atoms. The Balaban J connectivity index is 1.52. The van der Waals surface area contributed by atoms with Crippen LogP contribution in [0.1, 0.15) is 30.6 Å². The molecule has 3 heterocycles. The van der Waals surface area contributed by atoms with Crippen LogP contribution in [0.5, 0.6) is 0 Å². The van der Waals surface area contributed by atoms with Crippen molar-refractivity contribution in [1.29, 1.82) is 0 Å². The lowest BCUT2D eigenvalue weighted by Crippen LogP contribution is -2.42. The quantitative estimate of drug-likeness (QED) is 0.614. The standard InChI is InChI=1S/C20H22N4O3S3/c1-13-8-14(2)11-24(10-13)30(26,27)17-5-3-4-15(9-17)18(25)21-20-23-22-19(29-20)16-6-7-28-12-16/h3-7,9,12-14H,8,10-11H2,1-2H3,(H,21,23,25). The van der Waals surface area contributed by atoms with Gasteiger partial charge in [-0.05, 0) is 47.9 Å². The van der Waals surface area contributed by atoms with Gasteiger partial charge in [-0.3, -0.25) is 10.1 Å². The zero-order chi connectivity index (χ0) is 21.3. The summed E-state index contributed by atoms with van der Waals surface area (Å²) >= 11 is 2.83. The van der Waals surface area contributed by atoms with Gasteiger partial charge in [0.1, 0.15) is 5.01 Å². The minimum Gasteiger partial charge on any atom is -0.296 e. The van der Waals surface area contributed by atoms with Crippen LogP contribution in [0.3, 0.4) is 0 Å². The first-order chi connectivity index (χ1) is 14.3. The first-order valence-electron chi connectivity index (χ1n) is 9.60. The molecule has 0 saturated carbocycles. The Bertz CT molecular complexity index is 1130. The van der Waals surface area contributed by atoms with Gasteiger partial charge in [0.05, 0.1) is 4.90 Å². The second-order valence-electron chi connectivity index (χ2n) is 7.67. The van der Waals surface area contributed by atoms with Gasteiger partial charge in [-0.2, -0.15) is 15.6 Å². The highest BCUT2D eigenvalue weighted by atomic mass is 32.2. The number of nitrogens with zero attached hydrogens (tertiary/aromatic N) is 3. The molecule has 1 N–H and O–H groups in total. The SMILES string of the molecule is CC1CC(C)CN(S(=O)(=O)c2cccc(C(=O)Nc3nnc(-c4ccsc4)s3)c2)C1. The van der Waals surface area contributed by atoms with E-state index in [1.807, 2.05) is 16.8 Å². The smallest absolute Gasteiger partial charge is 0.257 e. The molecule has 4 rings (SSSR count). The van der Waals surface area contributed by atoms with Crippen LogP contribution in [0, 0.1) is 11.8 Å². The number of amides is 1. The van der Waals surface area contributed by atoms with Crippen molar-refractivity contribution in [3.05, 3.63) is 46.7 Å². The largest absolute Gasteiger partial charge is 0.296 e. The fraction of sp³-hybridized carbons (Fsp3) is 0.350. The maximum Gasteiger partial charge on any atom is 0.257 e. The third kappa shape index (κ3) is 4.46. The molecular formula is C20H22N4O3S3. The van der Waals surface area contributed by atoms with Crippen molar-refractivity contribution in [2.75, 3.05) is 18.4 Å². The van der Waals surface area contributed by atoms with E-state index >= 15 is 0 Å². The van der Waals surface area contributed by atoms with Crippen molar-refractivity contribution in [2.24, 2.45) is 11.8 Å². The minimum absolute atomic E-state index is 0.132. The summed E-state index contributed by atoms with van der Waals surface area (Å²) in [6, 6.07) is 8.09. The Morgan fingerprint density at radius 1 is 1.17 bits per heavy atom. The average Bonchev–Trinajstić information content (AvgIpc) is 3.39. The number of carbonyl (C=O) groups is 1. The minimum atomic E-state index is -3.65. The van der Waals surface area contributed by atoms with Crippen molar-refractivity contribution >= 4 is 43.7 Å². The zero-order valence-electron chi connectivity index (χ0n) is 16.6. The third-order valence-electron chi connectivity index (χ3n) is 4.98. The fourth-order valence-corrected chi connectivity index (χ4v) is 6.87. The molecule has 3 aromatic rings. The summed E-state index contributed by atoms with van der Waals surface area (Å²) in [5.74, 6) is 0.204. The molecule has 0 aliphatic carbocycles. The average molecular weight is 463 g/mol. The lowest BCUT2D eigenvalue weighted by Gasteiger charge is -2.34. The van der Waals surface area contributed by atoms with Gasteiger partial charge in [-0.1, -0.05) is 31.3 Å². The Kier molecular flexibility index (Phi) is 6.01. The number of thiophene rings is 1. The van der Waals surface area contributed by atoms with Gasteiger partial charge in [-0.25, -0.2) is 8.42 Å². The summed E-state index contributed by atoms with van der Waals surface area (Å²) in [5, 5.41) is 15.8. The molecule has 1 fully saturated rings. The summed E-state index contributed by atoms with van der Waals surface area (Å²) in [7, 11) is -3.65. The van der Waals surface area contributed by atoms with Crippen LogP contribution in [0.25, 0.3) is 10.6 Å². The zero-order valence-corrected chi connectivity index (χ0v) is 19.1. The topological polar surface area (TPSA) is 92.3 Å². The molecule has 30 heavy (non-hydrogen) atoms. The molecule has 2 aromatic heterocycles. The number of anilines is 1. The molecule has 10 heteroatoms. The van der Waals surface area contributed by atoms with Crippen LogP contribution in [-0.2, 0) is 10.0 Å². The van der Waals surface area contributed by atoms with Crippen molar-refractivity contribution in [2.45, 2.75) is 25.2 Å². The number of piperidine rings is 1. The first-order valence-corrected chi connectivity index (χ1v) is 12.8. The molecule has 0 bridgehead atoms. The molecule has 1 saturated heterocycles.